The van der Waals surface area contributed by atoms with Crippen molar-refractivity contribution in [1.29, 1.82) is 0 Å². The normalized spacial score (nSPS) is 26.5. The van der Waals surface area contributed by atoms with Crippen LogP contribution in [0.15, 0.2) is 24.3 Å². The Balaban J connectivity index is 1.58. The number of benzene rings is 1. The Labute approximate surface area is 149 Å². The van der Waals surface area contributed by atoms with Crippen molar-refractivity contribution >= 4 is 5.97 Å². The quantitative estimate of drug-likeness (QED) is 0.849. The molecular weight excluding hydrogens is 318 g/mol. The topological polar surface area (TPSA) is 59.0 Å². The van der Waals surface area contributed by atoms with Gasteiger partial charge >= 0.3 is 5.97 Å². The highest BCUT2D eigenvalue weighted by atomic mass is 16.5. The van der Waals surface area contributed by atoms with Crippen molar-refractivity contribution in [1.82, 2.24) is 4.90 Å². The largest absolute Gasteiger partial charge is 0.465 e. The first-order valence-corrected chi connectivity index (χ1v) is 9.29. The number of likely N-dealkylation sites (tertiary alicyclic amines) is 1. The molecule has 2 aliphatic heterocycles. The summed E-state index contributed by atoms with van der Waals surface area (Å²) in [6.07, 6.45) is 4.35. The van der Waals surface area contributed by atoms with Gasteiger partial charge in [0.05, 0.1) is 30.5 Å². The van der Waals surface area contributed by atoms with Gasteiger partial charge in [-0.1, -0.05) is 19.1 Å². The number of nitrogens with zero attached hydrogens (tertiary/aromatic N) is 1. The zero-order chi connectivity index (χ0) is 17.9. The molecule has 0 unspecified atom stereocenters. The fourth-order valence-corrected chi connectivity index (χ4v) is 4.13. The molecule has 1 spiro atoms. The monoisotopic (exact) mass is 347 g/mol. The molecule has 0 bridgehead atoms. The first-order valence-electron chi connectivity index (χ1n) is 9.29. The van der Waals surface area contributed by atoms with Crippen molar-refractivity contribution in [2.75, 3.05) is 20.2 Å². The molecule has 0 amide bonds. The molecule has 0 saturated carbocycles. The summed E-state index contributed by atoms with van der Waals surface area (Å²) < 4.78 is 11.1. The second-order valence-electron chi connectivity index (χ2n) is 7.39. The molecule has 2 heterocycles. The van der Waals surface area contributed by atoms with Gasteiger partial charge in [-0.15, -0.1) is 0 Å². The molecule has 2 atom stereocenters. The van der Waals surface area contributed by atoms with Gasteiger partial charge in [0, 0.05) is 26.1 Å². The standard InChI is InChI=1S/C20H29NO4/c1-3-18-12-17(22)13-20(25-18)7-9-21(10-8-20)14-15-5-4-6-16(11-15)19(23)24-2/h4-6,11,17-18,22H,3,7-10,12-14H2,1-2H3/t17-,18+/m1/s1. The molecule has 25 heavy (non-hydrogen) atoms. The summed E-state index contributed by atoms with van der Waals surface area (Å²) in [5, 5.41) is 10.2. The molecule has 5 heteroatoms. The second kappa shape index (κ2) is 7.85. The average Bonchev–Trinajstić information content (AvgIpc) is 2.63. The van der Waals surface area contributed by atoms with Gasteiger partial charge < -0.3 is 14.6 Å². The number of hydrogen-bond donors (Lipinski definition) is 1. The van der Waals surface area contributed by atoms with Crippen LogP contribution in [0.5, 0.6) is 0 Å². The van der Waals surface area contributed by atoms with Crippen LogP contribution in [0.2, 0.25) is 0 Å². The number of aliphatic hydroxyl groups excluding tert-OH is 1. The third kappa shape index (κ3) is 4.40. The van der Waals surface area contributed by atoms with E-state index in [9.17, 15) is 9.90 Å². The van der Waals surface area contributed by atoms with Crippen LogP contribution in [0.1, 0.15) is 54.9 Å². The van der Waals surface area contributed by atoms with E-state index in [1.54, 1.807) is 6.07 Å². The number of aliphatic hydroxyl groups is 1. The molecule has 2 saturated heterocycles. The molecule has 1 N–H and O–H groups in total. The van der Waals surface area contributed by atoms with Crippen LogP contribution >= 0.6 is 0 Å². The molecule has 0 aromatic heterocycles. The van der Waals surface area contributed by atoms with Crippen molar-refractivity contribution in [3.63, 3.8) is 0 Å². The Morgan fingerprint density at radius 1 is 1.40 bits per heavy atom. The van der Waals surface area contributed by atoms with E-state index in [0.29, 0.717) is 5.56 Å². The van der Waals surface area contributed by atoms with E-state index >= 15 is 0 Å². The van der Waals surface area contributed by atoms with E-state index in [1.807, 2.05) is 18.2 Å². The highest BCUT2D eigenvalue weighted by molar-refractivity contribution is 5.89. The van der Waals surface area contributed by atoms with Crippen LogP contribution in [-0.2, 0) is 16.0 Å². The van der Waals surface area contributed by atoms with Gasteiger partial charge in [-0.05, 0) is 43.4 Å². The van der Waals surface area contributed by atoms with Gasteiger partial charge in [0.2, 0.25) is 0 Å². The smallest absolute Gasteiger partial charge is 0.337 e. The molecule has 0 aliphatic carbocycles. The van der Waals surface area contributed by atoms with Crippen molar-refractivity contribution in [3.05, 3.63) is 35.4 Å². The Bertz CT molecular complexity index is 595. The van der Waals surface area contributed by atoms with Gasteiger partial charge in [0.1, 0.15) is 0 Å². The highest BCUT2D eigenvalue weighted by Crippen LogP contribution is 2.38. The number of carbonyl (C=O) groups is 1. The zero-order valence-electron chi connectivity index (χ0n) is 15.2. The van der Waals surface area contributed by atoms with Crippen molar-refractivity contribution < 1.29 is 19.4 Å². The highest BCUT2D eigenvalue weighted by Gasteiger charge is 2.42. The Hall–Kier alpha value is -1.43. The lowest BCUT2D eigenvalue weighted by atomic mass is 9.81. The van der Waals surface area contributed by atoms with Gasteiger partial charge in [-0.25, -0.2) is 4.79 Å². The SMILES string of the molecule is CC[C@H]1C[C@@H](O)CC2(CCN(Cc3cccc(C(=O)OC)c3)CC2)O1. The van der Waals surface area contributed by atoms with Gasteiger partial charge in [-0.2, -0.15) is 0 Å². The van der Waals surface area contributed by atoms with E-state index in [4.69, 9.17) is 9.47 Å². The molecule has 138 valence electrons. The van der Waals surface area contributed by atoms with Gasteiger partial charge in [0.25, 0.3) is 0 Å². The number of esters is 1. The van der Waals surface area contributed by atoms with Crippen molar-refractivity contribution in [2.24, 2.45) is 0 Å². The number of methoxy groups -OCH3 is 1. The van der Waals surface area contributed by atoms with E-state index in [2.05, 4.69) is 11.8 Å². The predicted octanol–water partition coefficient (Wildman–Crippen LogP) is 2.76. The van der Waals surface area contributed by atoms with Crippen LogP contribution in [0, 0.1) is 0 Å². The summed E-state index contributed by atoms with van der Waals surface area (Å²) in [6.45, 7) is 4.84. The Morgan fingerprint density at radius 2 is 2.16 bits per heavy atom. The Kier molecular flexibility index (Phi) is 5.77. The van der Waals surface area contributed by atoms with Crippen LogP contribution < -0.4 is 0 Å². The first-order chi connectivity index (χ1) is 12.0. The zero-order valence-corrected chi connectivity index (χ0v) is 15.2. The average molecular weight is 347 g/mol. The maximum Gasteiger partial charge on any atom is 0.337 e. The number of hydrogen-bond acceptors (Lipinski definition) is 5. The first kappa shape index (κ1) is 18.4. The van der Waals surface area contributed by atoms with Gasteiger partial charge in [0.15, 0.2) is 0 Å². The van der Waals surface area contributed by atoms with Gasteiger partial charge in [-0.3, -0.25) is 4.90 Å². The second-order valence-corrected chi connectivity index (χ2v) is 7.39. The van der Waals surface area contributed by atoms with E-state index in [0.717, 1.165) is 57.3 Å². The van der Waals surface area contributed by atoms with Crippen LogP contribution in [0.25, 0.3) is 0 Å². The lowest BCUT2D eigenvalue weighted by Gasteiger charge is -2.48. The van der Waals surface area contributed by atoms with Crippen molar-refractivity contribution in [2.45, 2.75) is 63.4 Å². The van der Waals surface area contributed by atoms with E-state index < -0.39 is 0 Å². The maximum atomic E-state index is 11.7. The third-order valence-electron chi connectivity index (χ3n) is 5.54. The summed E-state index contributed by atoms with van der Waals surface area (Å²) in [4.78, 5) is 14.1. The number of carbonyl (C=O) groups excluding carboxylic acids is 1. The Morgan fingerprint density at radius 3 is 2.84 bits per heavy atom. The summed E-state index contributed by atoms with van der Waals surface area (Å²) in [6, 6.07) is 7.64. The number of ether oxygens (including phenoxy) is 2. The third-order valence-corrected chi connectivity index (χ3v) is 5.54. The summed E-state index contributed by atoms with van der Waals surface area (Å²) in [5.41, 5.74) is 1.57. The summed E-state index contributed by atoms with van der Waals surface area (Å²) >= 11 is 0. The minimum Gasteiger partial charge on any atom is -0.465 e. The summed E-state index contributed by atoms with van der Waals surface area (Å²) in [7, 11) is 1.40. The maximum absolute atomic E-state index is 11.7. The van der Waals surface area contributed by atoms with E-state index in [-0.39, 0.29) is 23.8 Å². The fraction of sp³-hybridized carbons (Fsp3) is 0.650. The molecule has 2 fully saturated rings. The lowest BCUT2D eigenvalue weighted by molar-refractivity contribution is -0.182. The van der Waals surface area contributed by atoms with Crippen molar-refractivity contribution in [3.8, 4) is 0 Å². The summed E-state index contributed by atoms with van der Waals surface area (Å²) in [5.74, 6) is -0.297. The lowest BCUT2D eigenvalue weighted by Crippen LogP contribution is -2.52. The van der Waals surface area contributed by atoms with Crippen LogP contribution in [0.4, 0.5) is 0 Å². The molecule has 2 aliphatic rings. The molecule has 0 radical (unpaired) electrons. The molecular formula is C20H29NO4. The fourth-order valence-electron chi connectivity index (χ4n) is 4.13. The van der Waals surface area contributed by atoms with Crippen LogP contribution in [-0.4, -0.2) is 54.0 Å². The predicted molar refractivity (Wildman–Crippen MR) is 95.4 cm³/mol. The molecule has 1 aromatic rings. The minimum atomic E-state index is -0.297. The molecule has 1 aromatic carbocycles. The molecule has 3 rings (SSSR count). The minimum absolute atomic E-state index is 0.150. The van der Waals surface area contributed by atoms with Crippen LogP contribution in [0.3, 0.4) is 0 Å². The van der Waals surface area contributed by atoms with E-state index in [1.165, 1.54) is 7.11 Å². The number of rotatable bonds is 4. The number of piperidine rings is 1. The molecule has 5 nitrogen and oxygen atoms in total.